The summed E-state index contributed by atoms with van der Waals surface area (Å²) in [5, 5.41) is 0. The summed E-state index contributed by atoms with van der Waals surface area (Å²) in [7, 11) is 3.54. The van der Waals surface area contributed by atoms with E-state index in [1.165, 1.54) is 0 Å². The topological polar surface area (TPSA) is 37.3 Å². The van der Waals surface area contributed by atoms with Crippen LogP contribution in [-0.4, -0.2) is 36.1 Å². The number of nitrogens with one attached hydrogen (secondary N) is 1. The molecule has 0 aliphatic rings. The number of aromatic nitrogens is 1. The molecule has 84 valence electrons. The highest BCUT2D eigenvalue weighted by molar-refractivity contribution is 5.75. The lowest BCUT2D eigenvalue weighted by Gasteiger charge is -2.14. The molecule has 0 unspecified atom stereocenters. The molecule has 1 N–H and O–H groups in total. The minimum atomic E-state index is 0.143. The summed E-state index contributed by atoms with van der Waals surface area (Å²) in [6, 6.07) is 4.10. The summed E-state index contributed by atoms with van der Waals surface area (Å²) in [5.74, 6) is 0.143. The fourth-order valence-corrected chi connectivity index (χ4v) is 1.42. The van der Waals surface area contributed by atoms with Crippen molar-refractivity contribution in [1.29, 1.82) is 0 Å². The molecule has 0 atom stereocenters. The zero-order valence-electron chi connectivity index (χ0n) is 9.87. The van der Waals surface area contributed by atoms with E-state index in [4.69, 9.17) is 0 Å². The van der Waals surface area contributed by atoms with Crippen LogP contribution in [0.1, 0.15) is 17.8 Å². The molecule has 15 heavy (non-hydrogen) atoms. The molecule has 0 bridgehead atoms. The van der Waals surface area contributed by atoms with Gasteiger partial charge in [0, 0.05) is 38.4 Å². The van der Waals surface area contributed by atoms with E-state index in [1.54, 1.807) is 19.0 Å². The number of rotatable bonds is 4. The predicted octanol–water partition coefficient (Wildman–Crippen LogP) is 1.13. The van der Waals surface area contributed by atoms with Gasteiger partial charge in [0.25, 0.3) is 0 Å². The zero-order valence-corrected chi connectivity index (χ0v) is 9.87. The first-order chi connectivity index (χ1) is 7.02. The Morgan fingerprint density at radius 1 is 1.33 bits per heavy atom. The highest BCUT2D eigenvalue weighted by Crippen LogP contribution is 2.03. The summed E-state index contributed by atoms with van der Waals surface area (Å²) in [4.78, 5) is 12.9. The van der Waals surface area contributed by atoms with E-state index >= 15 is 0 Å². The third-order valence-electron chi connectivity index (χ3n) is 2.38. The molecule has 1 amide bonds. The van der Waals surface area contributed by atoms with Crippen LogP contribution in [0, 0.1) is 13.8 Å². The van der Waals surface area contributed by atoms with Gasteiger partial charge in [0.1, 0.15) is 0 Å². The largest absolute Gasteiger partial charge is 0.349 e. The highest BCUT2D eigenvalue weighted by Gasteiger charge is 2.04. The summed E-state index contributed by atoms with van der Waals surface area (Å²) >= 11 is 0. The summed E-state index contributed by atoms with van der Waals surface area (Å²) in [6.07, 6.45) is 0.518. The first kappa shape index (κ1) is 11.6. The van der Waals surface area contributed by atoms with Crippen LogP contribution < -0.4 is 5.43 Å². The van der Waals surface area contributed by atoms with E-state index in [0.717, 1.165) is 11.4 Å². The number of aryl methyl sites for hydroxylation is 2. The SMILES string of the molecule is Cc1ccc(C)n1NCCC(=O)N(C)C. The normalized spacial score (nSPS) is 10.1. The fraction of sp³-hybridized carbons (Fsp3) is 0.545. The standard InChI is InChI=1S/C11H19N3O/c1-9-5-6-10(2)14(9)12-8-7-11(15)13(3)4/h5-6,12H,7-8H2,1-4H3. The van der Waals surface area contributed by atoms with Crippen LogP contribution in [0.15, 0.2) is 12.1 Å². The van der Waals surface area contributed by atoms with Crippen LogP contribution in [0.25, 0.3) is 0 Å². The van der Waals surface area contributed by atoms with Crippen molar-refractivity contribution in [3.8, 4) is 0 Å². The van der Waals surface area contributed by atoms with Crippen LogP contribution in [0.3, 0.4) is 0 Å². The van der Waals surface area contributed by atoms with E-state index in [9.17, 15) is 4.79 Å². The lowest BCUT2D eigenvalue weighted by atomic mass is 10.4. The number of carbonyl (C=O) groups excluding carboxylic acids is 1. The van der Waals surface area contributed by atoms with Crippen LogP contribution in [-0.2, 0) is 4.79 Å². The molecule has 4 heteroatoms. The molecule has 0 saturated carbocycles. The Morgan fingerprint density at radius 2 is 1.87 bits per heavy atom. The number of amides is 1. The van der Waals surface area contributed by atoms with Gasteiger partial charge in [-0.2, -0.15) is 0 Å². The Bertz CT molecular complexity index is 322. The first-order valence-corrected chi connectivity index (χ1v) is 5.11. The van der Waals surface area contributed by atoms with Crippen LogP contribution in [0.5, 0.6) is 0 Å². The van der Waals surface area contributed by atoms with Gasteiger partial charge in [0.2, 0.25) is 5.91 Å². The zero-order chi connectivity index (χ0) is 11.4. The van der Waals surface area contributed by atoms with Gasteiger partial charge < -0.3 is 10.3 Å². The second-order valence-corrected chi connectivity index (χ2v) is 3.90. The number of hydrogen-bond acceptors (Lipinski definition) is 2. The van der Waals surface area contributed by atoms with Crippen molar-refractivity contribution >= 4 is 5.91 Å². The number of carbonyl (C=O) groups is 1. The quantitative estimate of drug-likeness (QED) is 0.807. The van der Waals surface area contributed by atoms with E-state index in [1.807, 2.05) is 18.5 Å². The van der Waals surface area contributed by atoms with Crippen LogP contribution in [0.4, 0.5) is 0 Å². The van der Waals surface area contributed by atoms with E-state index in [0.29, 0.717) is 13.0 Å². The predicted molar refractivity (Wildman–Crippen MR) is 61.4 cm³/mol. The molecule has 0 aromatic carbocycles. The number of hydrogen-bond donors (Lipinski definition) is 1. The molecule has 1 heterocycles. The fourth-order valence-electron chi connectivity index (χ4n) is 1.42. The van der Waals surface area contributed by atoms with Gasteiger partial charge in [-0.3, -0.25) is 9.47 Å². The van der Waals surface area contributed by atoms with Crippen molar-refractivity contribution in [2.45, 2.75) is 20.3 Å². The maximum Gasteiger partial charge on any atom is 0.223 e. The molecule has 4 nitrogen and oxygen atoms in total. The molecular formula is C11H19N3O. The molecule has 1 aromatic rings. The van der Waals surface area contributed by atoms with Gasteiger partial charge in [-0.05, 0) is 26.0 Å². The van der Waals surface area contributed by atoms with Crippen molar-refractivity contribution in [3.63, 3.8) is 0 Å². The summed E-state index contributed by atoms with van der Waals surface area (Å²) in [6.45, 7) is 4.73. The Labute approximate surface area is 90.8 Å². The third kappa shape index (κ3) is 3.01. The molecule has 1 rings (SSSR count). The Morgan fingerprint density at radius 3 is 2.33 bits per heavy atom. The molecule has 0 aliphatic heterocycles. The van der Waals surface area contributed by atoms with Gasteiger partial charge in [0.15, 0.2) is 0 Å². The monoisotopic (exact) mass is 209 g/mol. The Balaban J connectivity index is 2.41. The van der Waals surface area contributed by atoms with Crippen molar-refractivity contribution in [2.24, 2.45) is 0 Å². The lowest BCUT2D eigenvalue weighted by molar-refractivity contribution is -0.128. The summed E-state index contributed by atoms with van der Waals surface area (Å²) < 4.78 is 2.00. The second kappa shape index (κ2) is 4.87. The van der Waals surface area contributed by atoms with E-state index in [-0.39, 0.29) is 5.91 Å². The maximum absolute atomic E-state index is 11.3. The van der Waals surface area contributed by atoms with E-state index in [2.05, 4.69) is 17.6 Å². The third-order valence-corrected chi connectivity index (χ3v) is 2.38. The van der Waals surface area contributed by atoms with Gasteiger partial charge >= 0.3 is 0 Å². The van der Waals surface area contributed by atoms with Crippen molar-refractivity contribution in [3.05, 3.63) is 23.5 Å². The highest BCUT2D eigenvalue weighted by atomic mass is 16.2. The maximum atomic E-state index is 11.3. The Kier molecular flexibility index (Phi) is 3.77. The lowest BCUT2D eigenvalue weighted by Crippen LogP contribution is -2.27. The molecular weight excluding hydrogens is 190 g/mol. The average molecular weight is 209 g/mol. The smallest absolute Gasteiger partial charge is 0.223 e. The molecule has 0 saturated heterocycles. The Hall–Kier alpha value is -1.45. The average Bonchev–Trinajstić information content (AvgIpc) is 2.48. The molecule has 0 radical (unpaired) electrons. The minimum absolute atomic E-state index is 0.143. The molecule has 0 fully saturated rings. The van der Waals surface area contributed by atoms with Crippen LogP contribution in [0.2, 0.25) is 0 Å². The first-order valence-electron chi connectivity index (χ1n) is 5.11. The molecule has 0 aliphatic carbocycles. The second-order valence-electron chi connectivity index (χ2n) is 3.90. The minimum Gasteiger partial charge on any atom is -0.349 e. The van der Waals surface area contributed by atoms with Gasteiger partial charge in [0.05, 0.1) is 0 Å². The van der Waals surface area contributed by atoms with Gasteiger partial charge in [-0.1, -0.05) is 0 Å². The van der Waals surface area contributed by atoms with Gasteiger partial charge in [-0.25, -0.2) is 0 Å². The van der Waals surface area contributed by atoms with Crippen molar-refractivity contribution in [2.75, 3.05) is 26.1 Å². The van der Waals surface area contributed by atoms with Crippen LogP contribution >= 0.6 is 0 Å². The molecule has 1 aromatic heterocycles. The summed E-state index contributed by atoms with van der Waals surface area (Å²) in [5.41, 5.74) is 5.53. The van der Waals surface area contributed by atoms with E-state index < -0.39 is 0 Å². The number of nitrogens with zero attached hydrogens (tertiary/aromatic N) is 2. The molecule has 0 spiro atoms. The van der Waals surface area contributed by atoms with Gasteiger partial charge in [-0.15, -0.1) is 0 Å². The van der Waals surface area contributed by atoms with Crippen molar-refractivity contribution < 1.29 is 4.79 Å². The van der Waals surface area contributed by atoms with Crippen molar-refractivity contribution in [1.82, 2.24) is 9.58 Å².